The fraction of sp³-hybridized carbons (Fsp3) is 0.333. The molecule has 0 amide bonds. The maximum atomic E-state index is 15.2. The number of carbonyl (C=O) groups is 3. The van der Waals surface area contributed by atoms with Gasteiger partial charge in [0.25, 0.3) is 5.56 Å². The molecule has 0 bridgehead atoms. The van der Waals surface area contributed by atoms with E-state index in [4.69, 9.17) is 10.5 Å². The van der Waals surface area contributed by atoms with Gasteiger partial charge in [0.05, 0.1) is 22.2 Å². The Morgan fingerprint density at radius 3 is 2.27 bits per heavy atom. The molecule has 0 atom stereocenters. The second-order valence-electron chi connectivity index (χ2n) is 10.6. The van der Waals surface area contributed by atoms with Gasteiger partial charge >= 0.3 is 5.97 Å². The van der Waals surface area contributed by atoms with Gasteiger partial charge in [0.15, 0.2) is 5.78 Å². The van der Waals surface area contributed by atoms with Crippen molar-refractivity contribution < 1.29 is 32.3 Å². The second kappa shape index (κ2) is 11.5. The molecule has 4 rings (SSSR count). The van der Waals surface area contributed by atoms with Crippen LogP contribution in [0, 0.1) is 22.9 Å². The Kier molecular flexibility index (Phi) is 8.27. The monoisotopic (exact) mass is 554 g/mol. The number of ether oxygens (including phenoxy) is 1. The van der Waals surface area contributed by atoms with Crippen LogP contribution in [-0.2, 0) is 20.7 Å². The van der Waals surface area contributed by atoms with E-state index in [0.29, 0.717) is 11.6 Å². The second-order valence-corrected chi connectivity index (χ2v) is 10.6. The van der Waals surface area contributed by atoms with Crippen LogP contribution >= 0.6 is 0 Å². The van der Waals surface area contributed by atoms with Gasteiger partial charge in [-0.05, 0) is 75.4 Å². The predicted octanol–water partition coefficient (Wildman–Crippen LogP) is 5.08. The first-order valence-electron chi connectivity index (χ1n) is 12.9. The average molecular weight is 555 g/mol. The van der Waals surface area contributed by atoms with Gasteiger partial charge in [0.2, 0.25) is 0 Å². The first-order chi connectivity index (χ1) is 18.9. The molecule has 0 radical (unpaired) electrons. The summed E-state index contributed by atoms with van der Waals surface area (Å²) in [5.41, 5.74) is 3.53. The van der Waals surface area contributed by atoms with Gasteiger partial charge in [-0.1, -0.05) is 6.07 Å². The molecule has 7 nitrogen and oxygen atoms in total. The minimum atomic E-state index is -1.11. The van der Waals surface area contributed by atoms with Crippen LogP contribution in [0.4, 0.5) is 19.0 Å². The van der Waals surface area contributed by atoms with Crippen LogP contribution in [-0.4, -0.2) is 28.2 Å². The van der Waals surface area contributed by atoms with Crippen molar-refractivity contribution in [1.29, 1.82) is 0 Å². The zero-order valence-electron chi connectivity index (χ0n) is 22.1. The van der Waals surface area contributed by atoms with Crippen molar-refractivity contribution in [3.8, 4) is 5.69 Å². The number of Topliss-reactive ketones (excluding diaryl/α,β-unsaturated/α-hetero) is 1. The summed E-state index contributed by atoms with van der Waals surface area (Å²) in [7, 11) is 0. The minimum absolute atomic E-state index is 0.0988. The van der Waals surface area contributed by atoms with Crippen molar-refractivity contribution in [2.24, 2.45) is 5.41 Å². The number of pyridine rings is 1. The van der Waals surface area contributed by atoms with Crippen molar-refractivity contribution in [2.45, 2.75) is 58.5 Å². The molecule has 40 heavy (non-hydrogen) atoms. The molecule has 2 aromatic carbocycles. The summed E-state index contributed by atoms with van der Waals surface area (Å²) in [6.07, 6.45) is 3.25. The number of halogens is 3. The zero-order chi connectivity index (χ0) is 29.2. The average Bonchev–Trinajstić information content (AvgIpc) is 3.37. The van der Waals surface area contributed by atoms with E-state index >= 15 is 4.39 Å². The van der Waals surface area contributed by atoms with Gasteiger partial charge in [0.1, 0.15) is 35.2 Å². The van der Waals surface area contributed by atoms with Crippen molar-refractivity contribution in [2.75, 3.05) is 5.73 Å². The molecule has 1 aliphatic carbocycles. The molecule has 1 heterocycles. The van der Waals surface area contributed by atoms with Gasteiger partial charge < -0.3 is 10.5 Å². The summed E-state index contributed by atoms with van der Waals surface area (Å²) in [6, 6.07) is 8.20. The standard InChI is InChI=1S/C30H29F3N2O5/c1-30(2,29(39)40-20-5-3-4-6-20)16-19(36)13-17-7-11-25(24(33)14-17)35-26(37)12-10-22(28(35)34)27(38)21-9-8-18(31)15-23(21)32/h7-12,14-15,20H,3-6,13,16,34H2,1-2H3. The number of hydrogen-bond acceptors (Lipinski definition) is 6. The van der Waals surface area contributed by atoms with E-state index in [9.17, 15) is 28.0 Å². The smallest absolute Gasteiger partial charge is 0.312 e. The summed E-state index contributed by atoms with van der Waals surface area (Å²) in [5, 5.41) is 0. The van der Waals surface area contributed by atoms with Crippen LogP contribution in [0.5, 0.6) is 0 Å². The Morgan fingerprint density at radius 2 is 1.62 bits per heavy atom. The topological polar surface area (TPSA) is 108 Å². The molecule has 0 spiro atoms. The van der Waals surface area contributed by atoms with Crippen molar-refractivity contribution in [3.63, 3.8) is 0 Å². The van der Waals surface area contributed by atoms with Crippen molar-refractivity contribution in [3.05, 3.63) is 93.0 Å². The van der Waals surface area contributed by atoms with E-state index in [2.05, 4.69) is 0 Å². The largest absolute Gasteiger partial charge is 0.462 e. The number of nitrogens with two attached hydrogens (primary N) is 1. The molecule has 0 saturated heterocycles. The number of aromatic nitrogens is 1. The Balaban J connectivity index is 1.53. The highest BCUT2D eigenvalue weighted by atomic mass is 19.1. The third-order valence-corrected chi connectivity index (χ3v) is 6.97. The number of nitrogens with zero attached hydrogens (tertiary/aromatic N) is 1. The third-order valence-electron chi connectivity index (χ3n) is 6.97. The lowest BCUT2D eigenvalue weighted by Crippen LogP contribution is -2.32. The first kappa shape index (κ1) is 28.8. The number of carbonyl (C=O) groups excluding carboxylic acids is 3. The summed E-state index contributed by atoms with van der Waals surface area (Å²) >= 11 is 0. The lowest BCUT2D eigenvalue weighted by Gasteiger charge is -2.24. The summed E-state index contributed by atoms with van der Waals surface area (Å²) in [4.78, 5) is 50.8. The molecule has 1 aromatic heterocycles. The molecule has 10 heteroatoms. The first-order valence-corrected chi connectivity index (χ1v) is 12.9. The highest BCUT2D eigenvalue weighted by molar-refractivity contribution is 6.11. The van der Waals surface area contributed by atoms with Gasteiger partial charge in [-0.2, -0.15) is 0 Å². The maximum absolute atomic E-state index is 15.2. The van der Waals surface area contributed by atoms with Crippen LogP contribution in [0.3, 0.4) is 0 Å². The lowest BCUT2D eigenvalue weighted by atomic mass is 9.86. The number of anilines is 1. The minimum Gasteiger partial charge on any atom is -0.462 e. The van der Waals surface area contributed by atoms with E-state index in [-0.39, 0.29) is 36.0 Å². The summed E-state index contributed by atoms with van der Waals surface area (Å²) in [6.45, 7) is 3.26. The maximum Gasteiger partial charge on any atom is 0.312 e. The number of nitrogen functional groups attached to an aromatic ring is 1. The number of ketones is 2. The van der Waals surface area contributed by atoms with Crippen molar-refractivity contribution >= 4 is 23.4 Å². The molecule has 0 aliphatic heterocycles. The van der Waals surface area contributed by atoms with Crippen molar-refractivity contribution in [1.82, 2.24) is 4.57 Å². The van der Waals surface area contributed by atoms with E-state index in [1.807, 2.05) is 0 Å². The highest BCUT2D eigenvalue weighted by Crippen LogP contribution is 2.29. The molecule has 1 fully saturated rings. The highest BCUT2D eigenvalue weighted by Gasteiger charge is 2.34. The lowest BCUT2D eigenvalue weighted by molar-refractivity contribution is -0.160. The molecule has 0 unspecified atom stereocenters. The Bertz CT molecular complexity index is 1540. The fourth-order valence-corrected chi connectivity index (χ4v) is 4.83. The Labute approximate surface area is 228 Å². The summed E-state index contributed by atoms with van der Waals surface area (Å²) in [5.74, 6) is -4.98. The Morgan fingerprint density at radius 1 is 0.950 bits per heavy atom. The number of rotatable bonds is 9. The normalized spacial score (nSPS) is 13.8. The van der Waals surface area contributed by atoms with E-state index in [1.54, 1.807) is 13.8 Å². The quantitative estimate of drug-likeness (QED) is 0.292. The molecule has 1 aliphatic rings. The predicted molar refractivity (Wildman–Crippen MR) is 142 cm³/mol. The zero-order valence-corrected chi connectivity index (χ0v) is 22.1. The van der Waals surface area contributed by atoms with Crippen LogP contribution < -0.4 is 11.3 Å². The number of benzene rings is 2. The van der Waals surface area contributed by atoms with Gasteiger partial charge in [-0.3, -0.25) is 23.7 Å². The van der Waals surface area contributed by atoms with Gasteiger partial charge in [0, 0.05) is 25.0 Å². The molecule has 3 aromatic rings. The molecular weight excluding hydrogens is 525 g/mol. The van der Waals surface area contributed by atoms with Crippen LogP contribution in [0.15, 0.2) is 53.3 Å². The van der Waals surface area contributed by atoms with Gasteiger partial charge in [-0.25, -0.2) is 13.2 Å². The van der Waals surface area contributed by atoms with Crippen LogP contribution in [0.1, 0.15) is 67.4 Å². The van der Waals surface area contributed by atoms with Crippen LogP contribution in [0.2, 0.25) is 0 Å². The van der Waals surface area contributed by atoms with E-state index < -0.39 is 51.6 Å². The fourth-order valence-electron chi connectivity index (χ4n) is 4.83. The third kappa shape index (κ3) is 6.16. The summed E-state index contributed by atoms with van der Waals surface area (Å²) < 4.78 is 49.0. The van der Waals surface area contributed by atoms with E-state index in [0.717, 1.165) is 60.6 Å². The number of esters is 1. The molecule has 2 N–H and O–H groups in total. The molecule has 210 valence electrons. The Hall–Kier alpha value is -4.21. The number of hydrogen-bond donors (Lipinski definition) is 1. The molecular formula is C30H29F3N2O5. The van der Waals surface area contributed by atoms with Gasteiger partial charge in [-0.15, -0.1) is 0 Å². The van der Waals surface area contributed by atoms with Crippen LogP contribution in [0.25, 0.3) is 5.69 Å². The van der Waals surface area contributed by atoms with E-state index in [1.165, 1.54) is 12.1 Å². The SMILES string of the molecule is CC(C)(CC(=O)Cc1ccc(-n2c(N)c(C(=O)c3ccc(F)cc3F)ccc2=O)c(F)c1)C(=O)OC1CCCC1. The molecule has 1 saturated carbocycles.